The second-order valence-electron chi connectivity index (χ2n) is 2.14. The molecular formula is C6H10FN3O. The molecule has 1 rings (SSSR count). The van der Waals surface area contributed by atoms with Crippen molar-refractivity contribution < 1.29 is 9.50 Å². The second kappa shape index (κ2) is 4.02. The lowest BCUT2D eigenvalue weighted by atomic mass is 10.4. The van der Waals surface area contributed by atoms with Crippen LogP contribution in [0.5, 0.6) is 0 Å². The van der Waals surface area contributed by atoms with E-state index >= 15 is 0 Å². The summed E-state index contributed by atoms with van der Waals surface area (Å²) in [5, 5.41) is 15.9. The summed E-state index contributed by atoms with van der Waals surface area (Å²) in [6.07, 6.45) is 1.92. The normalized spacial score (nSPS) is 10.4. The predicted molar refractivity (Wildman–Crippen MR) is 36.5 cm³/mol. The van der Waals surface area contributed by atoms with E-state index in [-0.39, 0.29) is 13.3 Å². The number of rotatable bonds is 4. The first-order valence-corrected chi connectivity index (χ1v) is 3.42. The molecule has 0 atom stereocenters. The Kier molecular flexibility index (Phi) is 2.97. The highest BCUT2D eigenvalue weighted by Crippen LogP contribution is 1.96. The molecule has 0 saturated heterocycles. The second-order valence-corrected chi connectivity index (χ2v) is 2.14. The largest absolute Gasteiger partial charge is 0.388 e. The van der Waals surface area contributed by atoms with E-state index in [1.165, 1.54) is 6.33 Å². The number of hydrogen-bond acceptors (Lipinski definition) is 3. The lowest BCUT2D eigenvalue weighted by Gasteiger charge is -2.00. The maximum Gasteiger partial charge on any atom is 0.158 e. The number of aryl methyl sites for hydroxylation is 1. The molecule has 0 aliphatic rings. The van der Waals surface area contributed by atoms with Gasteiger partial charge in [0.15, 0.2) is 5.82 Å². The maximum atomic E-state index is 11.7. The summed E-state index contributed by atoms with van der Waals surface area (Å²) in [5.74, 6) is 0.485. The van der Waals surface area contributed by atoms with Crippen LogP contribution in [0, 0.1) is 0 Å². The Labute approximate surface area is 63.7 Å². The Hall–Kier alpha value is -0.970. The minimum Gasteiger partial charge on any atom is -0.388 e. The molecule has 1 heterocycles. The van der Waals surface area contributed by atoms with Crippen molar-refractivity contribution in [1.82, 2.24) is 14.8 Å². The summed E-state index contributed by atoms with van der Waals surface area (Å²) in [6.45, 7) is 0.0225. The Balaban J connectivity index is 2.54. The minimum atomic E-state index is -0.358. The fourth-order valence-corrected chi connectivity index (χ4v) is 0.818. The van der Waals surface area contributed by atoms with Crippen molar-refractivity contribution in [3.63, 3.8) is 0 Å². The van der Waals surface area contributed by atoms with Gasteiger partial charge in [0.1, 0.15) is 12.9 Å². The number of nitrogens with zero attached hydrogens (tertiary/aromatic N) is 3. The van der Waals surface area contributed by atoms with Crippen molar-refractivity contribution in [3.05, 3.63) is 12.2 Å². The molecule has 62 valence electrons. The fourth-order valence-electron chi connectivity index (χ4n) is 0.818. The minimum absolute atomic E-state index is 0.147. The molecule has 1 aromatic rings. The lowest BCUT2D eigenvalue weighted by Crippen LogP contribution is -2.03. The average Bonchev–Trinajstić information content (AvgIpc) is 2.47. The first-order chi connectivity index (χ1) is 5.38. The van der Waals surface area contributed by atoms with Crippen molar-refractivity contribution in [2.45, 2.75) is 19.6 Å². The summed E-state index contributed by atoms with van der Waals surface area (Å²) in [6, 6.07) is 0. The molecule has 0 radical (unpaired) electrons. The van der Waals surface area contributed by atoms with Gasteiger partial charge in [0, 0.05) is 6.54 Å². The van der Waals surface area contributed by atoms with E-state index in [0.717, 1.165) is 0 Å². The van der Waals surface area contributed by atoms with Gasteiger partial charge in [-0.1, -0.05) is 0 Å². The molecule has 1 N–H and O–H groups in total. The highest BCUT2D eigenvalue weighted by atomic mass is 19.1. The molecule has 0 aliphatic heterocycles. The van der Waals surface area contributed by atoms with Crippen LogP contribution in [0.2, 0.25) is 0 Å². The predicted octanol–water partition coefficient (Wildman–Crippen LogP) is 0.130. The first-order valence-electron chi connectivity index (χ1n) is 3.42. The Morgan fingerprint density at radius 3 is 3.09 bits per heavy atom. The standard InChI is InChI=1S/C6H10FN3O/c7-2-1-3-10-5-8-9-6(10)4-11/h5,11H,1-4H2. The third-order valence-corrected chi connectivity index (χ3v) is 1.37. The molecule has 5 heteroatoms. The van der Waals surface area contributed by atoms with Crippen LogP contribution in [0.1, 0.15) is 12.2 Å². The van der Waals surface area contributed by atoms with Gasteiger partial charge in [-0.25, -0.2) is 0 Å². The lowest BCUT2D eigenvalue weighted by molar-refractivity contribution is 0.263. The zero-order chi connectivity index (χ0) is 8.10. The molecule has 4 nitrogen and oxygen atoms in total. The van der Waals surface area contributed by atoms with Gasteiger partial charge in [-0.3, -0.25) is 4.39 Å². The number of aliphatic hydroxyl groups excluding tert-OH is 1. The van der Waals surface area contributed by atoms with E-state index in [1.807, 2.05) is 0 Å². The monoisotopic (exact) mass is 159 g/mol. The van der Waals surface area contributed by atoms with Crippen LogP contribution in [0.3, 0.4) is 0 Å². The van der Waals surface area contributed by atoms with Crippen molar-refractivity contribution in [2.75, 3.05) is 6.67 Å². The van der Waals surface area contributed by atoms with Gasteiger partial charge in [0.25, 0.3) is 0 Å². The van der Waals surface area contributed by atoms with Crippen LogP contribution >= 0.6 is 0 Å². The zero-order valence-electron chi connectivity index (χ0n) is 6.07. The molecule has 1 aromatic heterocycles. The number of aliphatic hydroxyl groups is 1. The Bertz CT molecular complexity index is 213. The van der Waals surface area contributed by atoms with E-state index in [1.54, 1.807) is 4.57 Å². The molecule has 0 saturated carbocycles. The highest BCUT2D eigenvalue weighted by Gasteiger charge is 2.00. The summed E-state index contributed by atoms with van der Waals surface area (Å²) in [5.41, 5.74) is 0. The maximum absolute atomic E-state index is 11.7. The molecular weight excluding hydrogens is 149 g/mol. The van der Waals surface area contributed by atoms with Crippen molar-refractivity contribution in [2.24, 2.45) is 0 Å². The number of aromatic nitrogens is 3. The SMILES string of the molecule is OCc1nncn1CCCF. The molecule has 0 spiro atoms. The smallest absolute Gasteiger partial charge is 0.158 e. The number of halogens is 1. The number of hydrogen-bond donors (Lipinski definition) is 1. The first kappa shape index (κ1) is 8.13. The molecule has 11 heavy (non-hydrogen) atoms. The van der Waals surface area contributed by atoms with Gasteiger partial charge in [-0.2, -0.15) is 0 Å². The molecule has 0 amide bonds. The summed E-state index contributed by atoms with van der Waals surface area (Å²) >= 11 is 0. The van der Waals surface area contributed by atoms with E-state index in [9.17, 15) is 4.39 Å². The van der Waals surface area contributed by atoms with Crippen LogP contribution in [-0.2, 0) is 13.2 Å². The molecule has 0 fully saturated rings. The molecule has 0 unspecified atom stereocenters. The third-order valence-electron chi connectivity index (χ3n) is 1.37. The van der Waals surface area contributed by atoms with Gasteiger partial charge >= 0.3 is 0 Å². The molecule has 0 aromatic carbocycles. The van der Waals surface area contributed by atoms with Crippen LogP contribution in [0.4, 0.5) is 4.39 Å². The van der Waals surface area contributed by atoms with Gasteiger partial charge < -0.3 is 9.67 Å². The number of alkyl halides is 1. The van der Waals surface area contributed by atoms with Crippen LogP contribution < -0.4 is 0 Å². The quantitative estimate of drug-likeness (QED) is 0.679. The van der Waals surface area contributed by atoms with Gasteiger partial charge in [-0.15, -0.1) is 10.2 Å². The highest BCUT2D eigenvalue weighted by molar-refractivity contribution is 4.81. The Morgan fingerprint density at radius 1 is 1.64 bits per heavy atom. The van der Waals surface area contributed by atoms with E-state index in [0.29, 0.717) is 18.8 Å². The van der Waals surface area contributed by atoms with E-state index in [4.69, 9.17) is 5.11 Å². The van der Waals surface area contributed by atoms with Crippen LogP contribution in [0.15, 0.2) is 6.33 Å². The average molecular weight is 159 g/mol. The van der Waals surface area contributed by atoms with Gasteiger partial charge in [0.05, 0.1) is 6.67 Å². The van der Waals surface area contributed by atoms with Crippen molar-refractivity contribution in [3.8, 4) is 0 Å². The molecule has 0 aliphatic carbocycles. The van der Waals surface area contributed by atoms with E-state index < -0.39 is 0 Å². The molecule has 0 bridgehead atoms. The topological polar surface area (TPSA) is 50.9 Å². The van der Waals surface area contributed by atoms with Crippen molar-refractivity contribution in [1.29, 1.82) is 0 Å². The van der Waals surface area contributed by atoms with Crippen LogP contribution in [-0.4, -0.2) is 26.5 Å². The van der Waals surface area contributed by atoms with Crippen molar-refractivity contribution >= 4 is 0 Å². The zero-order valence-corrected chi connectivity index (χ0v) is 6.07. The summed E-state index contributed by atoms with van der Waals surface area (Å²) < 4.78 is 13.3. The summed E-state index contributed by atoms with van der Waals surface area (Å²) in [4.78, 5) is 0. The summed E-state index contributed by atoms with van der Waals surface area (Å²) in [7, 11) is 0. The van der Waals surface area contributed by atoms with E-state index in [2.05, 4.69) is 10.2 Å². The third kappa shape index (κ3) is 1.98. The fraction of sp³-hybridized carbons (Fsp3) is 0.667. The van der Waals surface area contributed by atoms with Gasteiger partial charge in [0.2, 0.25) is 0 Å². The van der Waals surface area contributed by atoms with Crippen LogP contribution in [0.25, 0.3) is 0 Å². The Morgan fingerprint density at radius 2 is 2.45 bits per heavy atom. The van der Waals surface area contributed by atoms with Gasteiger partial charge in [-0.05, 0) is 6.42 Å².